The third-order valence-electron chi connectivity index (χ3n) is 6.23. The molecule has 0 aliphatic carbocycles. The number of rotatable bonds is 6. The predicted octanol–water partition coefficient (Wildman–Crippen LogP) is 5.41. The maximum atomic E-state index is 13.2. The summed E-state index contributed by atoms with van der Waals surface area (Å²) in [6.07, 6.45) is 2.22. The van der Waals surface area contributed by atoms with E-state index in [4.69, 9.17) is 0 Å². The lowest BCUT2D eigenvalue weighted by atomic mass is 9.97. The molecule has 0 bridgehead atoms. The van der Waals surface area contributed by atoms with Crippen LogP contribution < -0.4 is 15.5 Å². The Morgan fingerprint density at radius 3 is 2.30 bits per heavy atom. The highest BCUT2D eigenvalue weighted by atomic mass is 16.2. The third kappa shape index (κ3) is 5.80. The molecule has 3 aromatic carbocycles. The van der Waals surface area contributed by atoms with Crippen molar-refractivity contribution in [2.45, 2.75) is 33.2 Å². The zero-order valence-corrected chi connectivity index (χ0v) is 19.3. The van der Waals surface area contributed by atoms with E-state index in [1.165, 1.54) is 0 Å². The lowest BCUT2D eigenvalue weighted by molar-refractivity contribution is 0.0950. The molecule has 2 N–H and O–H groups in total. The molecule has 2 amide bonds. The molecule has 0 unspecified atom stereocenters. The van der Waals surface area contributed by atoms with E-state index in [1.807, 2.05) is 61.5 Å². The Balaban J connectivity index is 1.56. The van der Waals surface area contributed by atoms with Crippen molar-refractivity contribution < 1.29 is 9.59 Å². The summed E-state index contributed by atoms with van der Waals surface area (Å²) in [5.74, 6) is 0.369. The fraction of sp³-hybridized carbons (Fsp3) is 0.286. The van der Waals surface area contributed by atoms with Gasteiger partial charge in [-0.3, -0.25) is 9.59 Å². The summed E-state index contributed by atoms with van der Waals surface area (Å²) in [5, 5.41) is 5.99. The van der Waals surface area contributed by atoms with Crippen molar-refractivity contribution in [2.75, 3.05) is 23.3 Å². The summed E-state index contributed by atoms with van der Waals surface area (Å²) >= 11 is 0. The van der Waals surface area contributed by atoms with Gasteiger partial charge < -0.3 is 15.5 Å². The number of hydrogen-bond acceptors (Lipinski definition) is 3. The van der Waals surface area contributed by atoms with Crippen molar-refractivity contribution in [1.82, 2.24) is 5.32 Å². The minimum absolute atomic E-state index is 0.140. The first-order valence-corrected chi connectivity index (χ1v) is 11.6. The Labute approximate surface area is 195 Å². The lowest BCUT2D eigenvalue weighted by Gasteiger charge is -2.33. The Morgan fingerprint density at radius 1 is 0.909 bits per heavy atom. The summed E-state index contributed by atoms with van der Waals surface area (Å²) < 4.78 is 0. The van der Waals surface area contributed by atoms with Crippen LogP contribution in [0.1, 0.15) is 51.6 Å². The van der Waals surface area contributed by atoms with Gasteiger partial charge in [-0.05, 0) is 61.6 Å². The van der Waals surface area contributed by atoms with Gasteiger partial charge in [-0.25, -0.2) is 0 Å². The van der Waals surface area contributed by atoms with Crippen molar-refractivity contribution in [1.29, 1.82) is 0 Å². The predicted molar refractivity (Wildman–Crippen MR) is 134 cm³/mol. The number of anilines is 2. The van der Waals surface area contributed by atoms with Gasteiger partial charge in [0.25, 0.3) is 11.8 Å². The molecule has 1 fully saturated rings. The highest BCUT2D eigenvalue weighted by Gasteiger charge is 2.22. The van der Waals surface area contributed by atoms with E-state index in [1.54, 1.807) is 18.2 Å². The second kappa shape index (κ2) is 10.3. The average molecular weight is 442 g/mol. The molecular formula is C28H31N3O2. The molecule has 33 heavy (non-hydrogen) atoms. The van der Waals surface area contributed by atoms with E-state index in [-0.39, 0.29) is 11.8 Å². The largest absolute Gasteiger partial charge is 0.371 e. The maximum Gasteiger partial charge on any atom is 0.255 e. The van der Waals surface area contributed by atoms with Crippen molar-refractivity contribution in [3.05, 3.63) is 95.1 Å². The van der Waals surface area contributed by atoms with Gasteiger partial charge >= 0.3 is 0 Å². The number of nitrogens with zero attached hydrogens (tertiary/aromatic N) is 1. The fourth-order valence-corrected chi connectivity index (χ4v) is 4.10. The van der Waals surface area contributed by atoms with E-state index in [2.05, 4.69) is 22.5 Å². The molecule has 1 aliphatic rings. The number of piperidine rings is 1. The molecule has 170 valence electrons. The molecule has 1 saturated heterocycles. The van der Waals surface area contributed by atoms with Crippen LogP contribution in [0.5, 0.6) is 0 Å². The van der Waals surface area contributed by atoms with E-state index in [0.29, 0.717) is 29.3 Å². The van der Waals surface area contributed by atoms with E-state index >= 15 is 0 Å². The molecule has 5 heteroatoms. The number of carbonyl (C=O) groups excluding carboxylic acids is 2. The van der Waals surface area contributed by atoms with Crippen molar-refractivity contribution >= 4 is 23.2 Å². The van der Waals surface area contributed by atoms with Crippen LogP contribution in [0, 0.1) is 12.8 Å². The first-order chi connectivity index (χ1) is 16.0. The first-order valence-electron chi connectivity index (χ1n) is 11.6. The van der Waals surface area contributed by atoms with E-state index in [9.17, 15) is 9.59 Å². The highest BCUT2D eigenvalue weighted by Crippen LogP contribution is 2.29. The second-order valence-electron chi connectivity index (χ2n) is 8.89. The minimum Gasteiger partial charge on any atom is -0.371 e. The van der Waals surface area contributed by atoms with Crippen molar-refractivity contribution in [2.24, 2.45) is 5.92 Å². The number of benzene rings is 3. The molecule has 1 heterocycles. The second-order valence-corrected chi connectivity index (χ2v) is 8.89. The molecule has 5 nitrogen and oxygen atoms in total. The van der Waals surface area contributed by atoms with Crippen LogP contribution in [0.3, 0.4) is 0 Å². The molecule has 0 atom stereocenters. The van der Waals surface area contributed by atoms with E-state index in [0.717, 1.165) is 42.7 Å². The monoisotopic (exact) mass is 441 g/mol. The van der Waals surface area contributed by atoms with Gasteiger partial charge in [-0.2, -0.15) is 0 Å². The quantitative estimate of drug-likeness (QED) is 0.537. The van der Waals surface area contributed by atoms with Crippen LogP contribution in [0.15, 0.2) is 72.8 Å². The maximum absolute atomic E-state index is 13.2. The summed E-state index contributed by atoms with van der Waals surface area (Å²) in [6, 6.07) is 22.9. The number of amides is 2. The first kappa shape index (κ1) is 22.6. The van der Waals surface area contributed by atoms with Crippen LogP contribution in [-0.2, 0) is 6.54 Å². The number of carbonyl (C=O) groups is 2. The Hall–Kier alpha value is -3.60. The van der Waals surface area contributed by atoms with Gasteiger partial charge in [-0.15, -0.1) is 0 Å². The van der Waals surface area contributed by atoms with Gasteiger partial charge in [0.1, 0.15) is 0 Å². The number of aryl methyl sites for hydroxylation is 1. The Morgan fingerprint density at radius 2 is 1.61 bits per heavy atom. The van der Waals surface area contributed by atoms with Crippen molar-refractivity contribution in [3.8, 4) is 0 Å². The van der Waals surface area contributed by atoms with E-state index < -0.39 is 0 Å². The van der Waals surface area contributed by atoms with Crippen molar-refractivity contribution in [3.63, 3.8) is 0 Å². The van der Waals surface area contributed by atoms with Crippen LogP contribution in [-0.4, -0.2) is 24.9 Å². The van der Waals surface area contributed by atoms with Gasteiger partial charge in [0.15, 0.2) is 0 Å². The smallest absolute Gasteiger partial charge is 0.255 e. The molecule has 1 aliphatic heterocycles. The molecule has 4 rings (SSSR count). The summed E-state index contributed by atoms with van der Waals surface area (Å²) in [7, 11) is 0. The standard InChI is InChI=1S/C28H31N3O2/c1-20-8-10-23(11-9-20)27(32)30-24-12-13-26(31-16-14-21(2)15-17-31)25(18-24)28(33)29-19-22-6-4-3-5-7-22/h3-13,18,21H,14-17,19H2,1-2H3,(H,29,33)(H,30,32). The Kier molecular flexibility index (Phi) is 7.08. The molecule has 3 aromatic rings. The molecule has 0 saturated carbocycles. The van der Waals surface area contributed by atoms with Crippen LogP contribution >= 0.6 is 0 Å². The average Bonchev–Trinajstić information content (AvgIpc) is 2.84. The zero-order chi connectivity index (χ0) is 23.2. The number of nitrogens with one attached hydrogen (secondary N) is 2. The summed E-state index contributed by atoms with van der Waals surface area (Å²) in [6.45, 7) is 6.57. The van der Waals surface area contributed by atoms with Crippen LogP contribution in [0.25, 0.3) is 0 Å². The minimum atomic E-state index is -0.190. The molecule has 0 aromatic heterocycles. The summed E-state index contributed by atoms with van der Waals surface area (Å²) in [5.41, 5.74) is 4.85. The van der Waals surface area contributed by atoms with Crippen LogP contribution in [0.2, 0.25) is 0 Å². The van der Waals surface area contributed by atoms with Crippen LogP contribution in [0.4, 0.5) is 11.4 Å². The Bertz CT molecular complexity index is 1100. The number of hydrogen-bond donors (Lipinski definition) is 2. The van der Waals surface area contributed by atoms with Gasteiger partial charge in [0, 0.05) is 36.6 Å². The van der Waals surface area contributed by atoms with Gasteiger partial charge in [-0.1, -0.05) is 55.0 Å². The molecule has 0 radical (unpaired) electrons. The fourth-order valence-electron chi connectivity index (χ4n) is 4.10. The third-order valence-corrected chi connectivity index (χ3v) is 6.23. The van der Waals surface area contributed by atoms with Gasteiger partial charge in [0.05, 0.1) is 5.56 Å². The summed E-state index contributed by atoms with van der Waals surface area (Å²) in [4.78, 5) is 28.2. The lowest BCUT2D eigenvalue weighted by Crippen LogP contribution is -2.35. The SMILES string of the molecule is Cc1ccc(C(=O)Nc2ccc(N3CCC(C)CC3)c(C(=O)NCc3ccccc3)c2)cc1. The topological polar surface area (TPSA) is 61.4 Å². The molecular weight excluding hydrogens is 410 g/mol. The normalized spacial score (nSPS) is 14.1. The van der Waals surface area contributed by atoms with Gasteiger partial charge in [0.2, 0.25) is 0 Å². The zero-order valence-electron chi connectivity index (χ0n) is 19.3. The molecule has 0 spiro atoms. The highest BCUT2D eigenvalue weighted by molar-refractivity contribution is 6.06.